The lowest BCUT2D eigenvalue weighted by molar-refractivity contribution is 0.0891. The van der Waals surface area contributed by atoms with Crippen LogP contribution in [0.4, 0.5) is 11.4 Å². The van der Waals surface area contributed by atoms with Crippen LogP contribution in [0.3, 0.4) is 0 Å². The molecule has 1 saturated heterocycles. The van der Waals surface area contributed by atoms with Crippen molar-refractivity contribution in [1.82, 2.24) is 10.0 Å². The average Bonchev–Trinajstić information content (AvgIpc) is 2.79. The largest absolute Gasteiger partial charge is 0.453 e. The molecular formula is C24H25N3O4S. The summed E-state index contributed by atoms with van der Waals surface area (Å²) in [5.74, 6) is 1.39. The smallest absolute Gasteiger partial charge is 0.240 e. The van der Waals surface area contributed by atoms with Gasteiger partial charge in [-0.05, 0) is 43.3 Å². The van der Waals surface area contributed by atoms with Crippen molar-refractivity contribution in [2.45, 2.75) is 30.0 Å². The Balaban J connectivity index is 1.46. The molecule has 2 aliphatic rings. The van der Waals surface area contributed by atoms with E-state index >= 15 is 0 Å². The Kier molecular flexibility index (Phi) is 5.38. The zero-order valence-corrected chi connectivity index (χ0v) is 18.4. The van der Waals surface area contributed by atoms with Gasteiger partial charge in [-0.2, -0.15) is 0 Å². The number of ether oxygens (including phenoxy) is 1. The van der Waals surface area contributed by atoms with Gasteiger partial charge in [-0.15, -0.1) is 0 Å². The predicted molar refractivity (Wildman–Crippen MR) is 123 cm³/mol. The second-order valence-electron chi connectivity index (χ2n) is 8.16. The molecule has 0 amide bonds. The molecule has 3 aromatic rings. The molecule has 1 unspecified atom stereocenters. The highest BCUT2D eigenvalue weighted by Gasteiger charge is 2.41. The third-order valence-corrected chi connectivity index (χ3v) is 7.47. The lowest BCUT2D eigenvalue weighted by Crippen LogP contribution is -2.64. The zero-order valence-electron chi connectivity index (χ0n) is 17.6. The Morgan fingerprint density at radius 2 is 1.53 bits per heavy atom. The van der Waals surface area contributed by atoms with Crippen molar-refractivity contribution in [3.05, 3.63) is 78.4 Å². The highest BCUT2D eigenvalue weighted by Crippen LogP contribution is 2.47. The van der Waals surface area contributed by atoms with Crippen LogP contribution >= 0.6 is 0 Å². The van der Waals surface area contributed by atoms with E-state index < -0.39 is 28.2 Å². The van der Waals surface area contributed by atoms with E-state index in [2.05, 4.69) is 10.0 Å². The van der Waals surface area contributed by atoms with Crippen LogP contribution in [0.15, 0.2) is 77.7 Å². The molecule has 32 heavy (non-hydrogen) atoms. The normalized spacial score (nSPS) is 22.6. The van der Waals surface area contributed by atoms with E-state index in [1.807, 2.05) is 60.4 Å². The summed E-state index contributed by atoms with van der Waals surface area (Å²) >= 11 is 0. The number of benzene rings is 3. The SMILES string of the molecule is Cc1ccc(S(=O)(=O)N[C@@H]2CNCC(N3c4ccccc4Oc4ccccc43)[C@H]2O)cc1. The van der Waals surface area contributed by atoms with Gasteiger partial charge in [-0.3, -0.25) is 0 Å². The van der Waals surface area contributed by atoms with Gasteiger partial charge in [0, 0.05) is 13.1 Å². The first kappa shape index (κ1) is 21.0. The molecule has 0 aromatic heterocycles. The van der Waals surface area contributed by atoms with Gasteiger partial charge in [0.2, 0.25) is 10.0 Å². The molecule has 0 saturated carbocycles. The van der Waals surface area contributed by atoms with E-state index in [1.165, 1.54) is 0 Å². The van der Waals surface area contributed by atoms with Crippen LogP contribution in [-0.2, 0) is 10.0 Å². The molecule has 1 fully saturated rings. The van der Waals surface area contributed by atoms with Crippen LogP contribution in [-0.4, -0.2) is 44.8 Å². The van der Waals surface area contributed by atoms with Crippen LogP contribution < -0.4 is 19.7 Å². The number of sulfonamides is 1. The Hall–Kier alpha value is -2.91. The molecule has 5 rings (SSSR count). The maximum Gasteiger partial charge on any atom is 0.240 e. The zero-order chi connectivity index (χ0) is 22.3. The summed E-state index contributed by atoms with van der Waals surface area (Å²) in [5, 5.41) is 14.6. The summed E-state index contributed by atoms with van der Waals surface area (Å²) in [6.45, 7) is 2.73. The number of nitrogens with one attached hydrogen (secondary N) is 2. The molecule has 166 valence electrons. The number of rotatable bonds is 4. The van der Waals surface area contributed by atoms with Crippen molar-refractivity contribution in [3.63, 3.8) is 0 Å². The van der Waals surface area contributed by atoms with E-state index in [0.717, 1.165) is 16.9 Å². The summed E-state index contributed by atoms with van der Waals surface area (Å²) in [7, 11) is -3.78. The van der Waals surface area contributed by atoms with Gasteiger partial charge in [0.1, 0.15) is 0 Å². The fraction of sp³-hybridized carbons (Fsp3) is 0.250. The van der Waals surface area contributed by atoms with E-state index in [4.69, 9.17) is 4.74 Å². The summed E-state index contributed by atoms with van der Waals surface area (Å²) in [4.78, 5) is 2.22. The number of fused-ring (bicyclic) bond motifs is 2. The molecule has 8 heteroatoms. The number of anilines is 2. The first-order valence-electron chi connectivity index (χ1n) is 10.6. The maximum atomic E-state index is 13.0. The number of para-hydroxylation sites is 4. The van der Waals surface area contributed by atoms with E-state index in [9.17, 15) is 13.5 Å². The van der Waals surface area contributed by atoms with Gasteiger partial charge < -0.3 is 20.1 Å². The number of aliphatic hydroxyl groups is 1. The van der Waals surface area contributed by atoms with Crippen LogP contribution in [0.2, 0.25) is 0 Å². The number of piperidine rings is 1. The number of hydrogen-bond donors (Lipinski definition) is 3. The molecule has 2 aliphatic heterocycles. The molecule has 0 bridgehead atoms. The van der Waals surface area contributed by atoms with Gasteiger partial charge in [0.05, 0.1) is 34.5 Å². The molecule has 3 N–H and O–H groups in total. The Morgan fingerprint density at radius 3 is 2.16 bits per heavy atom. The lowest BCUT2D eigenvalue weighted by atomic mass is 9.96. The second kappa shape index (κ2) is 8.22. The molecule has 3 atom stereocenters. The average molecular weight is 452 g/mol. The fourth-order valence-corrected chi connectivity index (χ4v) is 5.58. The van der Waals surface area contributed by atoms with Crippen LogP contribution in [0.1, 0.15) is 5.56 Å². The van der Waals surface area contributed by atoms with E-state index in [0.29, 0.717) is 24.6 Å². The van der Waals surface area contributed by atoms with Crippen LogP contribution in [0.5, 0.6) is 11.5 Å². The first-order chi connectivity index (χ1) is 15.4. The van der Waals surface area contributed by atoms with Crippen LogP contribution in [0, 0.1) is 6.92 Å². The monoisotopic (exact) mass is 451 g/mol. The van der Waals surface area contributed by atoms with Gasteiger partial charge in [0.25, 0.3) is 0 Å². The maximum absolute atomic E-state index is 13.0. The summed E-state index contributed by atoms with van der Waals surface area (Å²) in [6, 6.07) is 20.9. The third kappa shape index (κ3) is 3.75. The Bertz CT molecular complexity index is 1180. The standard InChI is InChI=1S/C24H25N3O4S/c1-16-10-12-17(13-11-16)32(29,30)26-18-14-25-15-21(24(18)28)27-19-6-2-4-8-22(19)31-23-9-5-3-7-20(23)27/h2-13,18,21,24-26,28H,14-15H2,1H3/t18-,21?,24+/m1/s1. The number of hydrogen-bond acceptors (Lipinski definition) is 6. The second-order valence-corrected chi connectivity index (χ2v) is 9.88. The summed E-state index contributed by atoms with van der Waals surface area (Å²) in [5.41, 5.74) is 2.64. The number of aryl methyl sites for hydroxylation is 1. The van der Waals surface area contributed by atoms with Gasteiger partial charge in [0.15, 0.2) is 11.5 Å². The minimum atomic E-state index is -3.78. The summed E-state index contributed by atoms with van der Waals surface area (Å²) < 4.78 is 34.7. The number of aliphatic hydroxyl groups excluding tert-OH is 1. The minimum Gasteiger partial charge on any atom is -0.453 e. The predicted octanol–water partition coefficient (Wildman–Crippen LogP) is 2.92. The Morgan fingerprint density at radius 1 is 0.938 bits per heavy atom. The number of nitrogens with zero attached hydrogens (tertiary/aromatic N) is 1. The quantitative estimate of drug-likeness (QED) is 0.565. The Labute approximate surface area is 187 Å². The first-order valence-corrected chi connectivity index (χ1v) is 12.1. The van der Waals surface area contributed by atoms with Crippen molar-refractivity contribution in [2.24, 2.45) is 0 Å². The van der Waals surface area contributed by atoms with Crippen molar-refractivity contribution < 1.29 is 18.3 Å². The van der Waals surface area contributed by atoms with Crippen LogP contribution in [0.25, 0.3) is 0 Å². The van der Waals surface area contributed by atoms with Gasteiger partial charge >= 0.3 is 0 Å². The molecule has 0 spiro atoms. The highest BCUT2D eigenvalue weighted by atomic mass is 32.2. The molecule has 7 nitrogen and oxygen atoms in total. The summed E-state index contributed by atoms with van der Waals surface area (Å²) in [6.07, 6.45) is -0.948. The molecule has 3 aromatic carbocycles. The van der Waals surface area contributed by atoms with E-state index in [1.54, 1.807) is 24.3 Å². The lowest BCUT2D eigenvalue weighted by Gasteiger charge is -2.45. The molecular weight excluding hydrogens is 426 g/mol. The fourth-order valence-electron chi connectivity index (χ4n) is 4.33. The van der Waals surface area contributed by atoms with E-state index in [-0.39, 0.29) is 4.90 Å². The minimum absolute atomic E-state index is 0.180. The van der Waals surface area contributed by atoms with Crippen molar-refractivity contribution >= 4 is 21.4 Å². The molecule has 0 radical (unpaired) electrons. The van der Waals surface area contributed by atoms with Crippen molar-refractivity contribution in [3.8, 4) is 11.5 Å². The van der Waals surface area contributed by atoms with Crippen molar-refractivity contribution in [1.29, 1.82) is 0 Å². The van der Waals surface area contributed by atoms with Gasteiger partial charge in [-0.1, -0.05) is 42.0 Å². The van der Waals surface area contributed by atoms with Gasteiger partial charge in [-0.25, -0.2) is 13.1 Å². The third-order valence-electron chi connectivity index (χ3n) is 5.96. The molecule has 2 heterocycles. The highest BCUT2D eigenvalue weighted by molar-refractivity contribution is 7.89. The topological polar surface area (TPSA) is 90.9 Å². The molecule has 0 aliphatic carbocycles. The van der Waals surface area contributed by atoms with Crippen molar-refractivity contribution in [2.75, 3.05) is 18.0 Å².